The van der Waals surface area contributed by atoms with Gasteiger partial charge in [0.2, 0.25) is 17.8 Å². The summed E-state index contributed by atoms with van der Waals surface area (Å²) in [5.74, 6) is -0.564. The van der Waals surface area contributed by atoms with E-state index >= 15 is 0 Å². The molecule has 2 heterocycles. The van der Waals surface area contributed by atoms with Crippen LogP contribution in [0, 0.1) is 12.7 Å². The summed E-state index contributed by atoms with van der Waals surface area (Å²) in [6.07, 6.45) is 2.04. The monoisotopic (exact) mass is 494 g/mol. The van der Waals surface area contributed by atoms with Gasteiger partial charge in [-0.15, -0.1) is 5.10 Å². The van der Waals surface area contributed by atoms with E-state index in [1.807, 2.05) is 49.5 Å². The van der Waals surface area contributed by atoms with Crippen molar-refractivity contribution >= 4 is 34.8 Å². The number of aromatic nitrogens is 3. The van der Waals surface area contributed by atoms with Crippen LogP contribution >= 0.6 is 0 Å². The molecule has 0 saturated heterocycles. The lowest BCUT2D eigenvalue weighted by Gasteiger charge is -2.07. The molecule has 37 heavy (non-hydrogen) atoms. The number of primary amides is 1. The molecule has 4 N–H and O–H groups in total. The molecule has 8 nitrogen and oxygen atoms in total. The average Bonchev–Trinajstić information content (AvgIpc) is 3.28. The number of anilines is 3. The Bertz CT molecular complexity index is 1610. The molecular weight excluding hydrogens is 471 g/mol. The zero-order chi connectivity index (χ0) is 25.9. The Labute approximate surface area is 212 Å². The number of hydrogen-bond acceptors (Lipinski definition) is 5. The molecule has 0 unspecified atom stereocenters. The van der Waals surface area contributed by atoms with E-state index in [4.69, 9.17) is 5.73 Å². The van der Waals surface area contributed by atoms with E-state index in [-0.39, 0.29) is 18.1 Å². The number of amides is 2. The molecule has 0 aliphatic carbocycles. The van der Waals surface area contributed by atoms with Gasteiger partial charge in [-0.25, -0.2) is 8.91 Å². The van der Waals surface area contributed by atoms with Crippen molar-refractivity contribution in [1.82, 2.24) is 14.6 Å². The second-order valence-electron chi connectivity index (χ2n) is 8.60. The molecule has 0 radical (unpaired) electrons. The van der Waals surface area contributed by atoms with Gasteiger partial charge in [0.1, 0.15) is 5.82 Å². The largest absolute Gasteiger partial charge is 0.366 e. The standard InChI is InChI=1S/C28H23FN6O2/c1-17-14-20(27(30)37)6-12-24(17)32-28-33-25-13-7-21(16-35(25)34-28)19-4-10-23(11-5-19)31-26(36)15-18-2-8-22(29)9-3-18/h2-14,16H,15H2,1H3,(H2,30,37)(H,31,36)(H,32,34). The van der Waals surface area contributed by atoms with Gasteiger partial charge in [-0.1, -0.05) is 24.3 Å². The Morgan fingerprint density at radius 2 is 1.68 bits per heavy atom. The zero-order valence-corrected chi connectivity index (χ0v) is 19.9. The fraction of sp³-hybridized carbons (Fsp3) is 0.0714. The third-order valence-electron chi connectivity index (χ3n) is 5.87. The maximum atomic E-state index is 13.0. The summed E-state index contributed by atoms with van der Waals surface area (Å²) >= 11 is 0. The maximum absolute atomic E-state index is 13.0. The van der Waals surface area contributed by atoms with Crippen LogP contribution in [0.1, 0.15) is 21.5 Å². The Balaban J connectivity index is 1.27. The first-order valence-corrected chi connectivity index (χ1v) is 11.5. The van der Waals surface area contributed by atoms with Crippen LogP contribution in [0.4, 0.5) is 21.7 Å². The number of nitrogens with two attached hydrogens (primary N) is 1. The van der Waals surface area contributed by atoms with Gasteiger partial charge in [-0.2, -0.15) is 4.98 Å². The van der Waals surface area contributed by atoms with Gasteiger partial charge in [0.15, 0.2) is 5.65 Å². The second kappa shape index (κ2) is 9.90. The molecule has 0 bridgehead atoms. The number of aryl methyl sites for hydroxylation is 1. The summed E-state index contributed by atoms with van der Waals surface area (Å²) in [5, 5.41) is 10.6. The highest BCUT2D eigenvalue weighted by molar-refractivity contribution is 5.93. The van der Waals surface area contributed by atoms with Crippen molar-refractivity contribution in [2.24, 2.45) is 5.73 Å². The molecule has 184 valence electrons. The third kappa shape index (κ3) is 5.46. The van der Waals surface area contributed by atoms with Gasteiger partial charge in [0.25, 0.3) is 0 Å². The molecule has 2 aromatic heterocycles. The summed E-state index contributed by atoms with van der Waals surface area (Å²) in [6.45, 7) is 1.87. The topological polar surface area (TPSA) is 114 Å². The first-order valence-electron chi connectivity index (χ1n) is 11.5. The minimum Gasteiger partial charge on any atom is -0.366 e. The molecule has 5 rings (SSSR count). The Morgan fingerprint density at radius 1 is 0.946 bits per heavy atom. The van der Waals surface area contributed by atoms with Crippen molar-refractivity contribution in [3.8, 4) is 11.1 Å². The van der Waals surface area contributed by atoms with Crippen molar-refractivity contribution in [1.29, 1.82) is 0 Å². The fourth-order valence-corrected chi connectivity index (χ4v) is 3.92. The minimum absolute atomic E-state index is 0.163. The van der Waals surface area contributed by atoms with Crippen LogP contribution in [-0.4, -0.2) is 26.4 Å². The first-order chi connectivity index (χ1) is 17.8. The number of halogens is 1. The summed E-state index contributed by atoms with van der Waals surface area (Å²) in [7, 11) is 0. The fourth-order valence-electron chi connectivity index (χ4n) is 3.92. The van der Waals surface area contributed by atoms with Gasteiger partial charge < -0.3 is 16.4 Å². The van der Waals surface area contributed by atoms with E-state index in [9.17, 15) is 14.0 Å². The quantitative estimate of drug-likeness (QED) is 0.299. The van der Waals surface area contributed by atoms with Gasteiger partial charge >= 0.3 is 0 Å². The van der Waals surface area contributed by atoms with Crippen LogP contribution in [0.3, 0.4) is 0 Å². The predicted molar refractivity (Wildman–Crippen MR) is 140 cm³/mol. The maximum Gasteiger partial charge on any atom is 0.248 e. The lowest BCUT2D eigenvalue weighted by Crippen LogP contribution is -2.14. The highest BCUT2D eigenvalue weighted by Gasteiger charge is 2.10. The molecule has 0 fully saturated rings. The van der Waals surface area contributed by atoms with Gasteiger partial charge in [0.05, 0.1) is 6.42 Å². The molecular formula is C28H23FN6O2. The molecule has 5 aromatic rings. The smallest absolute Gasteiger partial charge is 0.248 e. The zero-order valence-electron chi connectivity index (χ0n) is 19.9. The number of nitrogens with zero attached hydrogens (tertiary/aromatic N) is 3. The molecule has 9 heteroatoms. The lowest BCUT2D eigenvalue weighted by molar-refractivity contribution is -0.115. The first kappa shape index (κ1) is 23.7. The highest BCUT2D eigenvalue weighted by Crippen LogP contribution is 2.24. The number of rotatable bonds is 7. The molecule has 0 aliphatic rings. The SMILES string of the molecule is Cc1cc(C(N)=O)ccc1Nc1nc2ccc(-c3ccc(NC(=O)Cc4ccc(F)cc4)cc3)cn2n1. The van der Waals surface area contributed by atoms with Crippen molar-refractivity contribution in [2.75, 3.05) is 10.6 Å². The van der Waals surface area contributed by atoms with E-state index < -0.39 is 5.91 Å². The van der Waals surface area contributed by atoms with E-state index in [0.717, 1.165) is 27.9 Å². The highest BCUT2D eigenvalue weighted by atomic mass is 19.1. The van der Waals surface area contributed by atoms with Crippen LogP contribution in [-0.2, 0) is 11.2 Å². The predicted octanol–water partition coefficient (Wildman–Crippen LogP) is 4.87. The number of hydrogen-bond donors (Lipinski definition) is 3. The molecule has 2 amide bonds. The van der Waals surface area contributed by atoms with Crippen molar-refractivity contribution in [2.45, 2.75) is 13.3 Å². The van der Waals surface area contributed by atoms with Gasteiger partial charge in [-0.05, 0) is 78.2 Å². The molecule has 0 aliphatic heterocycles. The van der Waals surface area contributed by atoms with E-state index in [2.05, 4.69) is 20.7 Å². The van der Waals surface area contributed by atoms with Crippen LogP contribution in [0.15, 0.2) is 85.1 Å². The van der Waals surface area contributed by atoms with Crippen molar-refractivity contribution in [3.05, 3.63) is 108 Å². The summed E-state index contributed by atoms with van der Waals surface area (Å²) in [4.78, 5) is 28.2. The number of pyridine rings is 1. The molecule has 3 aromatic carbocycles. The molecule has 0 saturated carbocycles. The molecule has 0 spiro atoms. The Morgan fingerprint density at radius 3 is 2.38 bits per heavy atom. The Hall–Kier alpha value is -5.05. The molecule has 0 atom stereocenters. The van der Waals surface area contributed by atoms with Crippen LogP contribution in [0.2, 0.25) is 0 Å². The number of carbonyl (C=O) groups is 2. The van der Waals surface area contributed by atoms with Crippen molar-refractivity contribution < 1.29 is 14.0 Å². The van der Waals surface area contributed by atoms with E-state index in [1.165, 1.54) is 12.1 Å². The van der Waals surface area contributed by atoms with Crippen LogP contribution in [0.25, 0.3) is 16.8 Å². The van der Waals surface area contributed by atoms with Gasteiger partial charge in [0, 0.05) is 28.7 Å². The average molecular weight is 495 g/mol. The van der Waals surface area contributed by atoms with E-state index in [1.54, 1.807) is 34.8 Å². The van der Waals surface area contributed by atoms with E-state index in [0.29, 0.717) is 22.8 Å². The number of carbonyl (C=O) groups excluding carboxylic acids is 2. The minimum atomic E-state index is -0.478. The summed E-state index contributed by atoms with van der Waals surface area (Å²) < 4.78 is 14.7. The Kier molecular flexibility index (Phi) is 6.34. The van der Waals surface area contributed by atoms with Crippen molar-refractivity contribution in [3.63, 3.8) is 0 Å². The van der Waals surface area contributed by atoms with Crippen LogP contribution < -0.4 is 16.4 Å². The normalized spacial score (nSPS) is 10.9. The summed E-state index contributed by atoms with van der Waals surface area (Å²) in [6, 6.07) is 22.3. The van der Waals surface area contributed by atoms with Crippen LogP contribution in [0.5, 0.6) is 0 Å². The third-order valence-corrected chi connectivity index (χ3v) is 5.87. The lowest BCUT2D eigenvalue weighted by atomic mass is 10.1. The van der Waals surface area contributed by atoms with Gasteiger partial charge in [-0.3, -0.25) is 9.59 Å². The second-order valence-corrected chi connectivity index (χ2v) is 8.60. The number of fused-ring (bicyclic) bond motifs is 1. The number of benzene rings is 3. The number of nitrogens with one attached hydrogen (secondary N) is 2. The summed E-state index contributed by atoms with van der Waals surface area (Å²) in [5.41, 5.74) is 11.4.